The van der Waals surface area contributed by atoms with E-state index < -0.39 is 0 Å². The number of methoxy groups -OCH3 is 2. The molecule has 0 saturated heterocycles. The van der Waals surface area contributed by atoms with Crippen LogP contribution in [-0.2, 0) is 11.2 Å². The molecule has 0 heterocycles. The van der Waals surface area contributed by atoms with Crippen molar-refractivity contribution in [2.45, 2.75) is 25.7 Å². The Kier molecular flexibility index (Phi) is 8.02. The third kappa shape index (κ3) is 6.27. The van der Waals surface area contributed by atoms with Crippen molar-refractivity contribution < 1.29 is 14.3 Å². The van der Waals surface area contributed by atoms with Gasteiger partial charge in [0, 0.05) is 25.6 Å². The Hall–Kier alpha value is -2.73. The molecule has 0 atom stereocenters. The Balaban J connectivity index is 2.69. The first-order valence-corrected chi connectivity index (χ1v) is 7.38. The van der Waals surface area contributed by atoms with Crippen LogP contribution < -0.4 is 9.47 Å². The van der Waals surface area contributed by atoms with Crippen molar-refractivity contribution in [1.82, 2.24) is 4.90 Å². The maximum absolute atomic E-state index is 12.3. The summed E-state index contributed by atoms with van der Waals surface area (Å²) in [6.45, 7) is 0.719. The third-order valence-corrected chi connectivity index (χ3v) is 3.38. The standard InChI is InChI=1S/C17H21N3O3/c1-22-15-11-14(12-16(13-15)23-2)5-6-17(21)20(9-3-7-18)10-4-8-19/h11-13H,3-6,9-10H2,1-2H3. The van der Waals surface area contributed by atoms with Gasteiger partial charge in [-0.15, -0.1) is 0 Å². The molecule has 6 heteroatoms. The van der Waals surface area contributed by atoms with E-state index in [1.807, 2.05) is 24.3 Å². The van der Waals surface area contributed by atoms with Gasteiger partial charge in [-0.1, -0.05) is 0 Å². The Morgan fingerprint density at radius 1 is 1.04 bits per heavy atom. The maximum Gasteiger partial charge on any atom is 0.222 e. The van der Waals surface area contributed by atoms with E-state index in [2.05, 4.69) is 0 Å². The van der Waals surface area contributed by atoms with Gasteiger partial charge in [-0.25, -0.2) is 0 Å². The summed E-state index contributed by atoms with van der Waals surface area (Å²) in [5.74, 6) is 1.30. The maximum atomic E-state index is 12.3. The molecule has 1 aromatic rings. The molecule has 1 aromatic carbocycles. The number of nitriles is 2. The molecule has 0 saturated carbocycles. The molecule has 0 fully saturated rings. The normalized spacial score (nSPS) is 9.57. The molecule has 122 valence electrons. The number of carbonyl (C=O) groups excluding carboxylic acids is 1. The molecule has 0 aliphatic carbocycles. The number of rotatable bonds is 9. The molecular weight excluding hydrogens is 294 g/mol. The Morgan fingerprint density at radius 3 is 2.00 bits per heavy atom. The third-order valence-electron chi connectivity index (χ3n) is 3.38. The van der Waals surface area contributed by atoms with Gasteiger partial charge < -0.3 is 14.4 Å². The minimum Gasteiger partial charge on any atom is -0.497 e. The van der Waals surface area contributed by atoms with Crippen molar-refractivity contribution in [3.8, 4) is 23.6 Å². The monoisotopic (exact) mass is 315 g/mol. The fourth-order valence-electron chi connectivity index (χ4n) is 2.15. The molecule has 23 heavy (non-hydrogen) atoms. The molecule has 0 radical (unpaired) electrons. The lowest BCUT2D eigenvalue weighted by Crippen LogP contribution is -2.32. The van der Waals surface area contributed by atoms with Crippen molar-refractivity contribution in [2.24, 2.45) is 0 Å². The highest BCUT2D eigenvalue weighted by Gasteiger charge is 2.13. The summed E-state index contributed by atoms with van der Waals surface area (Å²) in [5.41, 5.74) is 0.940. The van der Waals surface area contributed by atoms with Gasteiger partial charge in [0.1, 0.15) is 11.5 Å². The van der Waals surface area contributed by atoms with Crippen LogP contribution in [-0.4, -0.2) is 38.1 Å². The highest BCUT2D eigenvalue weighted by atomic mass is 16.5. The summed E-state index contributed by atoms with van der Waals surface area (Å²) in [4.78, 5) is 13.9. The highest BCUT2D eigenvalue weighted by molar-refractivity contribution is 5.76. The minimum absolute atomic E-state index is 0.0581. The quantitative estimate of drug-likeness (QED) is 0.698. The number of hydrogen-bond donors (Lipinski definition) is 0. The summed E-state index contributed by atoms with van der Waals surface area (Å²) in [5, 5.41) is 17.3. The van der Waals surface area contributed by atoms with Crippen LogP contribution in [0.4, 0.5) is 0 Å². The average Bonchev–Trinajstić information content (AvgIpc) is 2.59. The first-order chi connectivity index (χ1) is 11.1. The van der Waals surface area contributed by atoms with Gasteiger partial charge in [0.15, 0.2) is 0 Å². The topological polar surface area (TPSA) is 86.4 Å². The van der Waals surface area contributed by atoms with Gasteiger partial charge in [-0.3, -0.25) is 4.79 Å². The number of ether oxygens (including phenoxy) is 2. The summed E-state index contributed by atoms with van der Waals surface area (Å²) in [6, 6.07) is 9.55. The molecular formula is C17H21N3O3. The predicted octanol–water partition coefficient (Wildman–Crippen LogP) is 2.29. The second-order valence-corrected chi connectivity index (χ2v) is 4.92. The van der Waals surface area contributed by atoms with Crippen LogP contribution in [0.1, 0.15) is 24.8 Å². The van der Waals surface area contributed by atoms with E-state index in [-0.39, 0.29) is 18.7 Å². The van der Waals surface area contributed by atoms with E-state index in [9.17, 15) is 4.79 Å². The molecule has 1 amide bonds. The van der Waals surface area contributed by atoms with Gasteiger partial charge in [0.05, 0.1) is 39.2 Å². The second kappa shape index (κ2) is 10.1. The number of hydrogen-bond acceptors (Lipinski definition) is 5. The zero-order valence-electron chi connectivity index (χ0n) is 13.5. The number of carbonyl (C=O) groups is 1. The van der Waals surface area contributed by atoms with Gasteiger partial charge >= 0.3 is 0 Å². The van der Waals surface area contributed by atoms with Crippen molar-refractivity contribution in [2.75, 3.05) is 27.3 Å². The van der Waals surface area contributed by atoms with Crippen LogP contribution in [0.25, 0.3) is 0 Å². The van der Waals surface area contributed by atoms with Crippen molar-refractivity contribution in [3.63, 3.8) is 0 Å². The Labute approximate surface area is 136 Å². The van der Waals surface area contributed by atoms with Crippen molar-refractivity contribution >= 4 is 5.91 Å². The molecule has 0 spiro atoms. The van der Waals surface area contributed by atoms with Gasteiger partial charge in [-0.05, 0) is 24.1 Å². The van der Waals surface area contributed by atoms with E-state index in [4.69, 9.17) is 20.0 Å². The van der Waals surface area contributed by atoms with Crippen LogP contribution >= 0.6 is 0 Å². The highest BCUT2D eigenvalue weighted by Crippen LogP contribution is 2.23. The Morgan fingerprint density at radius 2 is 1.57 bits per heavy atom. The number of amides is 1. The number of nitrogens with zero attached hydrogens (tertiary/aromatic N) is 3. The van der Waals surface area contributed by atoms with Crippen LogP contribution in [0.2, 0.25) is 0 Å². The largest absolute Gasteiger partial charge is 0.497 e. The SMILES string of the molecule is COc1cc(CCC(=O)N(CCC#N)CCC#N)cc(OC)c1. The molecule has 1 rings (SSSR count). The van der Waals surface area contributed by atoms with E-state index in [1.165, 1.54) is 0 Å². The van der Waals surface area contributed by atoms with Crippen molar-refractivity contribution in [1.29, 1.82) is 10.5 Å². The molecule has 0 aromatic heterocycles. The fourth-order valence-corrected chi connectivity index (χ4v) is 2.15. The average molecular weight is 315 g/mol. The molecule has 0 bridgehead atoms. The lowest BCUT2D eigenvalue weighted by atomic mass is 10.1. The van der Waals surface area contributed by atoms with Crippen LogP contribution in [0.3, 0.4) is 0 Å². The first-order valence-electron chi connectivity index (χ1n) is 7.38. The molecule has 0 aliphatic heterocycles. The van der Waals surface area contributed by atoms with Gasteiger partial charge in [0.25, 0.3) is 0 Å². The zero-order valence-corrected chi connectivity index (χ0v) is 13.5. The van der Waals surface area contributed by atoms with Crippen LogP contribution in [0.15, 0.2) is 18.2 Å². The fraction of sp³-hybridized carbons (Fsp3) is 0.471. The molecule has 6 nitrogen and oxygen atoms in total. The van der Waals surface area contributed by atoms with E-state index in [0.29, 0.717) is 37.4 Å². The lowest BCUT2D eigenvalue weighted by Gasteiger charge is -2.20. The summed E-state index contributed by atoms with van der Waals surface area (Å²) >= 11 is 0. The molecule has 0 aliphatic rings. The van der Waals surface area contributed by atoms with Gasteiger partial charge in [-0.2, -0.15) is 10.5 Å². The number of aryl methyl sites for hydroxylation is 1. The van der Waals surface area contributed by atoms with E-state index in [1.54, 1.807) is 25.2 Å². The second-order valence-electron chi connectivity index (χ2n) is 4.92. The number of benzene rings is 1. The molecule has 0 N–H and O–H groups in total. The van der Waals surface area contributed by atoms with Crippen molar-refractivity contribution in [3.05, 3.63) is 23.8 Å². The minimum atomic E-state index is -0.0581. The van der Waals surface area contributed by atoms with Crippen LogP contribution in [0.5, 0.6) is 11.5 Å². The predicted molar refractivity (Wildman–Crippen MR) is 84.9 cm³/mol. The zero-order chi connectivity index (χ0) is 17.1. The molecule has 0 unspecified atom stereocenters. The summed E-state index contributed by atoms with van der Waals surface area (Å²) in [7, 11) is 3.16. The summed E-state index contributed by atoms with van der Waals surface area (Å²) < 4.78 is 10.4. The summed E-state index contributed by atoms with van der Waals surface area (Å²) in [6.07, 6.45) is 1.39. The smallest absolute Gasteiger partial charge is 0.222 e. The van der Waals surface area contributed by atoms with E-state index in [0.717, 1.165) is 5.56 Å². The lowest BCUT2D eigenvalue weighted by molar-refractivity contribution is -0.131. The first kappa shape index (κ1) is 18.3. The Bertz CT molecular complexity index is 562. The van der Waals surface area contributed by atoms with Gasteiger partial charge in [0.2, 0.25) is 5.91 Å². The van der Waals surface area contributed by atoms with E-state index >= 15 is 0 Å². The van der Waals surface area contributed by atoms with Crippen LogP contribution in [0, 0.1) is 22.7 Å².